The smallest absolute Gasteiger partial charge is 0.231 e. The molecule has 1 aliphatic heterocycles. The van der Waals surface area contributed by atoms with E-state index in [1.165, 1.54) is 6.08 Å². The summed E-state index contributed by atoms with van der Waals surface area (Å²) in [6.07, 6.45) is 3.29. The van der Waals surface area contributed by atoms with E-state index in [-0.39, 0.29) is 12.6 Å². The topological polar surface area (TPSA) is 54.0 Å². The van der Waals surface area contributed by atoms with E-state index in [1.54, 1.807) is 31.4 Å². The molecule has 1 aliphatic rings. The molecule has 2 aromatic rings. The summed E-state index contributed by atoms with van der Waals surface area (Å²) in [6.45, 7) is 1.21. The van der Waals surface area contributed by atoms with Crippen LogP contribution in [-0.4, -0.2) is 32.9 Å². The molecule has 124 valence electrons. The van der Waals surface area contributed by atoms with Crippen molar-refractivity contribution in [3.8, 4) is 17.2 Å². The maximum absolute atomic E-state index is 12.3. The largest absolute Gasteiger partial charge is 0.491 e. The first-order valence-electron chi connectivity index (χ1n) is 7.60. The summed E-state index contributed by atoms with van der Waals surface area (Å²) in [6, 6.07) is 12.7. The van der Waals surface area contributed by atoms with Gasteiger partial charge in [-0.3, -0.25) is 4.79 Å². The summed E-state index contributed by atoms with van der Waals surface area (Å²) in [4.78, 5) is 12.3. The molecule has 1 heterocycles. The molecule has 0 radical (unpaired) electrons. The second-order valence-corrected chi connectivity index (χ2v) is 5.18. The second kappa shape index (κ2) is 7.66. The summed E-state index contributed by atoms with van der Waals surface area (Å²) in [7, 11) is 1.63. The average molecular weight is 326 g/mol. The van der Waals surface area contributed by atoms with Gasteiger partial charge in [0.25, 0.3) is 0 Å². The number of ketones is 1. The van der Waals surface area contributed by atoms with Gasteiger partial charge in [0.1, 0.15) is 12.4 Å². The number of carbonyl (C=O) groups excluding carboxylic acids is 1. The Kier molecular flexibility index (Phi) is 5.13. The van der Waals surface area contributed by atoms with Crippen LogP contribution in [0.25, 0.3) is 6.08 Å². The molecule has 0 bridgehead atoms. The fraction of sp³-hybridized carbons (Fsp3) is 0.211. The molecular weight excluding hydrogens is 308 g/mol. The van der Waals surface area contributed by atoms with Crippen molar-refractivity contribution >= 4 is 11.9 Å². The van der Waals surface area contributed by atoms with Crippen LogP contribution >= 0.6 is 0 Å². The third kappa shape index (κ3) is 3.94. The molecule has 0 saturated heterocycles. The highest BCUT2D eigenvalue weighted by molar-refractivity contribution is 6.07. The van der Waals surface area contributed by atoms with Gasteiger partial charge < -0.3 is 18.9 Å². The molecule has 0 atom stereocenters. The Morgan fingerprint density at radius 1 is 1.12 bits per heavy atom. The van der Waals surface area contributed by atoms with Gasteiger partial charge >= 0.3 is 0 Å². The van der Waals surface area contributed by atoms with Gasteiger partial charge in [-0.15, -0.1) is 0 Å². The highest BCUT2D eigenvalue weighted by Crippen LogP contribution is 2.32. The standard InChI is InChI=1S/C19H18O5/c1-21-9-10-22-16-4-2-3-14(11-16)5-7-17(20)15-6-8-18-19(12-15)24-13-23-18/h2-8,11-12H,9-10,13H2,1H3/b7-5+. The Hall–Kier alpha value is -2.79. The van der Waals surface area contributed by atoms with Crippen molar-refractivity contribution in [2.24, 2.45) is 0 Å². The normalized spacial score (nSPS) is 12.5. The first-order chi connectivity index (χ1) is 11.8. The van der Waals surface area contributed by atoms with Crippen molar-refractivity contribution in [2.45, 2.75) is 0 Å². The van der Waals surface area contributed by atoms with Gasteiger partial charge in [0.05, 0.1) is 6.61 Å². The lowest BCUT2D eigenvalue weighted by Gasteiger charge is -2.05. The Morgan fingerprint density at radius 2 is 2.00 bits per heavy atom. The zero-order chi connectivity index (χ0) is 16.8. The number of carbonyl (C=O) groups is 1. The minimum atomic E-state index is -0.0981. The number of methoxy groups -OCH3 is 1. The van der Waals surface area contributed by atoms with Gasteiger partial charge in [0.2, 0.25) is 6.79 Å². The molecule has 0 fully saturated rings. The van der Waals surface area contributed by atoms with Crippen LogP contribution in [0.5, 0.6) is 17.2 Å². The molecular formula is C19H18O5. The van der Waals surface area contributed by atoms with Crippen molar-refractivity contribution in [2.75, 3.05) is 27.1 Å². The van der Waals surface area contributed by atoms with Gasteiger partial charge in [-0.05, 0) is 42.0 Å². The average Bonchev–Trinajstić information content (AvgIpc) is 3.08. The lowest BCUT2D eigenvalue weighted by Crippen LogP contribution is -2.04. The van der Waals surface area contributed by atoms with Crippen molar-refractivity contribution in [3.05, 3.63) is 59.7 Å². The fourth-order valence-corrected chi connectivity index (χ4v) is 2.27. The lowest BCUT2D eigenvalue weighted by molar-refractivity contribution is 0.104. The molecule has 0 spiro atoms. The molecule has 5 nitrogen and oxygen atoms in total. The van der Waals surface area contributed by atoms with Gasteiger partial charge in [0, 0.05) is 12.7 Å². The zero-order valence-corrected chi connectivity index (χ0v) is 13.4. The van der Waals surface area contributed by atoms with Crippen molar-refractivity contribution in [3.63, 3.8) is 0 Å². The van der Waals surface area contributed by atoms with Crippen molar-refractivity contribution in [1.82, 2.24) is 0 Å². The summed E-state index contributed by atoms with van der Waals surface area (Å²) >= 11 is 0. The van der Waals surface area contributed by atoms with Gasteiger partial charge in [0.15, 0.2) is 17.3 Å². The zero-order valence-electron chi connectivity index (χ0n) is 13.4. The Morgan fingerprint density at radius 3 is 2.88 bits per heavy atom. The van der Waals surface area contributed by atoms with Crippen LogP contribution in [0.15, 0.2) is 48.5 Å². The first kappa shape index (κ1) is 16.1. The number of fused-ring (bicyclic) bond motifs is 1. The van der Waals surface area contributed by atoms with Crippen LogP contribution in [0.1, 0.15) is 15.9 Å². The van der Waals surface area contributed by atoms with E-state index in [0.717, 1.165) is 11.3 Å². The maximum atomic E-state index is 12.3. The SMILES string of the molecule is COCCOc1cccc(/C=C/C(=O)c2ccc3c(c2)OCO3)c1. The van der Waals surface area contributed by atoms with E-state index in [4.69, 9.17) is 18.9 Å². The van der Waals surface area contributed by atoms with E-state index in [9.17, 15) is 4.79 Å². The molecule has 0 saturated carbocycles. The second-order valence-electron chi connectivity index (χ2n) is 5.18. The number of allylic oxidation sites excluding steroid dienone is 1. The van der Waals surface area contributed by atoms with Gasteiger partial charge in [-0.2, -0.15) is 0 Å². The minimum absolute atomic E-state index is 0.0981. The summed E-state index contributed by atoms with van der Waals surface area (Å²) in [5, 5.41) is 0. The van der Waals surface area contributed by atoms with Crippen molar-refractivity contribution < 1.29 is 23.7 Å². The fourth-order valence-electron chi connectivity index (χ4n) is 2.27. The summed E-state index contributed by atoms with van der Waals surface area (Å²) in [5.74, 6) is 1.91. The highest BCUT2D eigenvalue weighted by atomic mass is 16.7. The lowest BCUT2D eigenvalue weighted by atomic mass is 10.1. The number of ether oxygens (including phenoxy) is 4. The van der Waals surface area contributed by atoms with E-state index < -0.39 is 0 Å². The number of rotatable bonds is 7. The predicted octanol–water partition coefficient (Wildman–Crippen LogP) is 3.34. The number of hydrogen-bond donors (Lipinski definition) is 0. The third-order valence-corrected chi connectivity index (χ3v) is 3.50. The molecule has 24 heavy (non-hydrogen) atoms. The predicted molar refractivity (Wildman–Crippen MR) is 89.7 cm³/mol. The molecule has 0 unspecified atom stereocenters. The van der Waals surface area contributed by atoms with Crippen molar-refractivity contribution in [1.29, 1.82) is 0 Å². The van der Waals surface area contributed by atoms with Crippen LogP contribution in [0.4, 0.5) is 0 Å². The maximum Gasteiger partial charge on any atom is 0.231 e. The molecule has 3 rings (SSSR count). The molecule has 0 N–H and O–H groups in total. The minimum Gasteiger partial charge on any atom is -0.491 e. The van der Waals surface area contributed by atoms with E-state index >= 15 is 0 Å². The van der Waals surface area contributed by atoms with E-state index in [0.29, 0.717) is 30.3 Å². The van der Waals surface area contributed by atoms with Crippen LogP contribution in [0.2, 0.25) is 0 Å². The van der Waals surface area contributed by atoms with Crippen LogP contribution in [-0.2, 0) is 4.74 Å². The van der Waals surface area contributed by atoms with E-state index in [1.807, 2.05) is 24.3 Å². The molecule has 0 aromatic heterocycles. The number of hydrogen-bond acceptors (Lipinski definition) is 5. The molecule has 2 aromatic carbocycles. The Balaban J connectivity index is 1.66. The van der Waals surface area contributed by atoms with Crippen LogP contribution in [0, 0.1) is 0 Å². The highest BCUT2D eigenvalue weighted by Gasteiger charge is 2.15. The van der Waals surface area contributed by atoms with Gasteiger partial charge in [-0.25, -0.2) is 0 Å². The van der Waals surface area contributed by atoms with Crippen LogP contribution in [0.3, 0.4) is 0 Å². The summed E-state index contributed by atoms with van der Waals surface area (Å²) in [5.41, 5.74) is 1.45. The molecule has 0 amide bonds. The van der Waals surface area contributed by atoms with Gasteiger partial charge in [-0.1, -0.05) is 18.2 Å². The summed E-state index contributed by atoms with van der Waals surface area (Å²) < 4.78 is 21.0. The quantitative estimate of drug-likeness (QED) is 0.444. The van der Waals surface area contributed by atoms with E-state index in [2.05, 4.69) is 0 Å². The monoisotopic (exact) mass is 326 g/mol. The Bertz CT molecular complexity index is 751. The molecule has 0 aliphatic carbocycles. The third-order valence-electron chi connectivity index (χ3n) is 3.50. The number of benzene rings is 2. The first-order valence-corrected chi connectivity index (χ1v) is 7.60. The Labute approximate surface area is 140 Å². The molecule has 5 heteroatoms. The van der Waals surface area contributed by atoms with Crippen LogP contribution < -0.4 is 14.2 Å².